The molecular weight excluding hydrogens is 375 g/mol. The van der Waals surface area contributed by atoms with Gasteiger partial charge in [-0.25, -0.2) is 4.39 Å². The summed E-state index contributed by atoms with van der Waals surface area (Å²) in [6.45, 7) is 5.09. The second kappa shape index (κ2) is 10.0. The topological polar surface area (TPSA) is 59.8 Å². The van der Waals surface area contributed by atoms with Crippen molar-refractivity contribution in [1.82, 2.24) is 20.1 Å². The number of amides is 1. The molecule has 3 rings (SSSR count). The highest BCUT2D eigenvalue weighted by Crippen LogP contribution is 2.41. The molecule has 5 nitrogen and oxygen atoms in total. The quantitative estimate of drug-likeness (QED) is 0.544. The summed E-state index contributed by atoms with van der Waals surface area (Å²) in [5, 5.41) is 12.2. The molecule has 1 heterocycles. The average molecular weight is 405 g/mol. The number of unbranched alkanes of at least 4 members (excludes halogenated alkanes) is 1. The maximum absolute atomic E-state index is 14.2. The minimum absolute atomic E-state index is 0.0118. The van der Waals surface area contributed by atoms with Crippen LogP contribution in [0.3, 0.4) is 0 Å². The van der Waals surface area contributed by atoms with Gasteiger partial charge in [0.25, 0.3) is 0 Å². The van der Waals surface area contributed by atoms with Gasteiger partial charge in [-0.1, -0.05) is 57.0 Å². The Labute approximate surface area is 170 Å². The molecule has 1 atom stereocenters. The van der Waals surface area contributed by atoms with Crippen LogP contribution in [-0.4, -0.2) is 33.0 Å². The summed E-state index contributed by atoms with van der Waals surface area (Å²) in [4.78, 5) is 12.3. The first-order chi connectivity index (χ1) is 13.6. The molecular formula is C21H29FN4OS. The molecule has 0 radical (unpaired) electrons. The van der Waals surface area contributed by atoms with E-state index in [1.807, 2.05) is 4.57 Å². The minimum Gasteiger partial charge on any atom is -0.355 e. The lowest BCUT2D eigenvalue weighted by Crippen LogP contribution is -2.30. The summed E-state index contributed by atoms with van der Waals surface area (Å²) >= 11 is 1.38. The minimum atomic E-state index is -0.302. The predicted octanol–water partition coefficient (Wildman–Crippen LogP) is 4.84. The average Bonchev–Trinajstić information content (AvgIpc) is 3.46. The van der Waals surface area contributed by atoms with Crippen LogP contribution in [0.1, 0.15) is 58.4 Å². The van der Waals surface area contributed by atoms with E-state index < -0.39 is 0 Å². The van der Waals surface area contributed by atoms with Gasteiger partial charge in [-0.05, 0) is 37.3 Å². The zero-order valence-corrected chi connectivity index (χ0v) is 17.5. The second-order valence-electron chi connectivity index (χ2n) is 7.40. The van der Waals surface area contributed by atoms with Crippen molar-refractivity contribution < 1.29 is 9.18 Å². The Hall–Kier alpha value is -1.89. The molecule has 1 fully saturated rings. The predicted molar refractivity (Wildman–Crippen MR) is 111 cm³/mol. The second-order valence-corrected chi connectivity index (χ2v) is 8.34. The van der Waals surface area contributed by atoms with E-state index >= 15 is 0 Å². The highest BCUT2D eigenvalue weighted by molar-refractivity contribution is 7.99. The molecule has 28 heavy (non-hydrogen) atoms. The Morgan fingerprint density at radius 2 is 2.11 bits per heavy atom. The summed E-state index contributed by atoms with van der Waals surface area (Å²) in [6.07, 6.45) is 6.69. The largest absolute Gasteiger partial charge is 0.355 e. The van der Waals surface area contributed by atoms with Crippen molar-refractivity contribution in [2.24, 2.45) is 5.92 Å². The third kappa shape index (κ3) is 5.34. The Kier molecular flexibility index (Phi) is 7.48. The number of carbonyl (C=O) groups excluding carboxylic acids is 1. The van der Waals surface area contributed by atoms with Crippen LogP contribution >= 0.6 is 11.8 Å². The molecule has 1 N–H and O–H groups in total. The first-order valence-corrected chi connectivity index (χ1v) is 11.2. The van der Waals surface area contributed by atoms with Gasteiger partial charge in [-0.2, -0.15) is 0 Å². The molecule has 0 spiro atoms. The summed E-state index contributed by atoms with van der Waals surface area (Å²) in [6, 6.07) is 6.92. The summed E-state index contributed by atoms with van der Waals surface area (Å²) in [5.74, 6) is 1.10. The van der Waals surface area contributed by atoms with E-state index in [4.69, 9.17) is 0 Å². The van der Waals surface area contributed by atoms with Crippen LogP contribution in [0, 0.1) is 11.7 Å². The molecule has 2 aromatic rings. The third-order valence-corrected chi connectivity index (χ3v) is 6.10. The van der Waals surface area contributed by atoms with E-state index in [2.05, 4.69) is 29.4 Å². The first-order valence-electron chi connectivity index (χ1n) is 10.2. The molecule has 1 aromatic heterocycles. The highest BCUT2D eigenvalue weighted by Gasteiger charge is 2.31. The van der Waals surface area contributed by atoms with Gasteiger partial charge in [0.2, 0.25) is 5.91 Å². The maximum Gasteiger partial charge on any atom is 0.230 e. The van der Waals surface area contributed by atoms with Crippen molar-refractivity contribution in [3.8, 4) is 11.4 Å². The summed E-state index contributed by atoms with van der Waals surface area (Å²) < 4.78 is 16.2. The Balaban J connectivity index is 1.61. The smallest absolute Gasteiger partial charge is 0.230 e. The number of aromatic nitrogens is 3. The molecule has 1 aliphatic carbocycles. The van der Waals surface area contributed by atoms with E-state index in [0.29, 0.717) is 34.3 Å². The number of nitrogens with one attached hydrogen (secondary N) is 1. The van der Waals surface area contributed by atoms with E-state index in [1.54, 1.807) is 18.2 Å². The van der Waals surface area contributed by atoms with Crippen molar-refractivity contribution >= 4 is 17.7 Å². The van der Waals surface area contributed by atoms with Crippen molar-refractivity contribution in [3.63, 3.8) is 0 Å². The van der Waals surface area contributed by atoms with E-state index in [-0.39, 0.29) is 11.7 Å². The Morgan fingerprint density at radius 3 is 2.79 bits per heavy atom. The molecule has 1 aliphatic rings. The van der Waals surface area contributed by atoms with Gasteiger partial charge in [0.05, 0.1) is 11.3 Å². The van der Waals surface area contributed by atoms with Crippen LogP contribution in [0.25, 0.3) is 11.4 Å². The number of thioether (sulfide) groups is 1. The molecule has 0 saturated heterocycles. The molecule has 1 amide bonds. The zero-order valence-electron chi connectivity index (χ0n) is 16.7. The van der Waals surface area contributed by atoms with Gasteiger partial charge in [0.15, 0.2) is 11.0 Å². The van der Waals surface area contributed by atoms with Gasteiger partial charge in [0.1, 0.15) is 5.82 Å². The number of nitrogens with zero attached hydrogens (tertiary/aromatic N) is 3. The van der Waals surface area contributed by atoms with Gasteiger partial charge in [0, 0.05) is 12.6 Å². The normalized spacial score (nSPS) is 14.8. The number of benzene rings is 1. The fourth-order valence-electron chi connectivity index (χ4n) is 3.25. The van der Waals surface area contributed by atoms with E-state index in [1.165, 1.54) is 30.7 Å². The fraction of sp³-hybridized carbons (Fsp3) is 0.571. The summed E-state index contributed by atoms with van der Waals surface area (Å²) in [7, 11) is 0. The standard InChI is InChI=1S/C21H29FN4OS/c1-3-5-8-15(4-2)13-23-19(27)14-28-21-25-24-20(26(21)16-11-12-16)17-9-6-7-10-18(17)22/h6-7,9-10,15-16H,3-5,8,11-14H2,1-2H3,(H,23,27)/t15-/m1/s1. The van der Waals surface area contributed by atoms with Crippen molar-refractivity contribution in [2.75, 3.05) is 12.3 Å². The molecule has 7 heteroatoms. The Morgan fingerprint density at radius 1 is 1.32 bits per heavy atom. The number of hydrogen-bond acceptors (Lipinski definition) is 4. The van der Waals surface area contributed by atoms with Gasteiger partial charge >= 0.3 is 0 Å². The maximum atomic E-state index is 14.2. The van der Waals surface area contributed by atoms with Crippen LogP contribution < -0.4 is 5.32 Å². The third-order valence-electron chi connectivity index (χ3n) is 5.15. The van der Waals surface area contributed by atoms with E-state index in [9.17, 15) is 9.18 Å². The monoisotopic (exact) mass is 404 g/mol. The molecule has 152 valence electrons. The van der Waals surface area contributed by atoms with E-state index in [0.717, 1.165) is 32.2 Å². The van der Waals surface area contributed by atoms with Gasteiger partial charge in [-0.3, -0.25) is 9.36 Å². The number of hydrogen-bond donors (Lipinski definition) is 1. The van der Waals surface area contributed by atoms with Crippen molar-refractivity contribution in [3.05, 3.63) is 30.1 Å². The lowest BCUT2D eigenvalue weighted by Gasteiger charge is -2.15. The lowest BCUT2D eigenvalue weighted by atomic mass is 9.99. The van der Waals surface area contributed by atoms with Crippen LogP contribution in [0.5, 0.6) is 0 Å². The van der Waals surface area contributed by atoms with Crippen molar-refractivity contribution in [1.29, 1.82) is 0 Å². The van der Waals surface area contributed by atoms with Crippen LogP contribution in [-0.2, 0) is 4.79 Å². The highest BCUT2D eigenvalue weighted by atomic mass is 32.2. The number of halogens is 1. The molecule has 0 unspecified atom stereocenters. The molecule has 1 aromatic carbocycles. The van der Waals surface area contributed by atoms with Crippen LogP contribution in [0.15, 0.2) is 29.4 Å². The van der Waals surface area contributed by atoms with Crippen molar-refractivity contribution in [2.45, 2.75) is 63.6 Å². The Bertz CT molecular complexity index is 790. The summed E-state index contributed by atoms with van der Waals surface area (Å²) in [5.41, 5.74) is 0.458. The fourth-order valence-corrected chi connectivity index (χ4v) is 4.08. The SMILES string of the molecule is CCCC[C@@H](CC)CNC(=O)CSc1nnc(-c2ccccc2F)n1C1CC1. The van der Waals surface area contributed by atoms with Crippen LogP contribution in [0.4, 0.5) is 4.39 Å². The van der Waals surface area contributed by atoms with Crippen LogP contribution in [0.2, 0.25) is 0 Å². The first kappa shape index (κ1) is 20.8. The number of rotatable bonds is 11. The molecule has 1 saturated carbocycles. The van der Waals surface area contributed by atoms with Gasteiger partial charge < -0.3 is 5.32 Å². The number of carbonyl (C=O) groups is 1. The zero-order chi connectivity index (χ0) is 19.9. The molecule has 0 bridgehead atoms. The van der Waals surface area contributed by atoms with Gasteiger partial charge in [-0.15, -0.1) is 10.2 Å². The lowest BCUT2D eigenvalue weighted by molar-refractivity contribution is -0.118. The molecule has 0 aliphatic heterocycles.